The van der Waals surface area contributed by atoms with Crippen LogP contribution in [-0.2, 0) is 17.8 Å². The number of likely N-dealkylation sites (tertiary alicyclic amines) is 1. The minimum atomic E-state index is 0.0779. The van der Waals surface area contributed by atoms with Crippen LogP contribution in [0.1, 0.15) is 48.3 Å². The van der Waals surface area contributed by atoms with E-state index in [4.69, 9.17) is 4.98 Å². The Hall–Kier alpha value is -4.28. The number of benzene rings is 1. The second-order valence-electron chi connectivity index (χ2n) is 11.5. The van der Waals surface area contributed by atoms with Crippen molar-refractivity contribution >= 4 is 17.5 Å². The molecule has 3 aromatic heterocycles. The molecule has 10 nitrogen and oxygen atoms in total. The van der Waals surface area contributed by atoms with Gasteiger partial charge in [-0.15, -0.1) is 0 Å². The van der Waals surface area contributed by atoms with Crippen molar-refractivity contribution in [2.24, 2.45) is 5.92 Å². The van der Waals surface area contributed by atoms with Gasteiger partial charge in [-0.25, -0.2) is 24.9 Å². The lowest BCUT2D eigenvalue weighted by Gasteiger charge is -2.33. The van der Waals surface area contributed by atoms with Crippen LogP contribution in [0.3, 0.4) is 0 Å². The monoisotopic (exact) mass is 577 g/mol. The lowest BCUT2D eigenvalue weighted by atomic mass is 9.95. The zero-order chi connectivity index (χ0) is 29.4. The van der Waals surface area contributed by atoms with Crippen molar-refractivity contribution in [2.45, 2.75) is 51.6 Å². The number of aryl methyl sites for hydroxylation is 1. The molecule has 2 saturated heterocycles. The number of aromatic nitrogens is 5. The number of hydrogen-bond acceptors (Lipinski definition) is 9. The second kappa shape index (κ2) is 13.8. The van der Waals surface area contributed by atoms with Crippen LogP contribution in [-0.4, -0.2) is 67.9 Å². The quantitative estimate of drug-likeness (QED) is 0.271. The first-order chi connectivity index (χ1) is 21.1. The summed E-state index contributed by atoms with van der Waals surface area (Å²) in [6, 6.07) is 18.4. The molecule has 0 spiro atoms. The zero-order valence-electron chi connectivity index (χ0n) is 24.7. The fourth-order valence-corrected chi connectivity index (χ4v) is 5.81. The zero-order valence-corrected chi connectivity index (χ0v) is 24.7. The molecule has 222 valence electrons. The van der Waals surface area contributed by atoms with Gasteiger partial charge < -0.3 is 16.0 Å². The maximum atomic E-state index is 12.9. The summed E-state index contributed by atoms with van der Waals surface area (Å²) in [4.78, 5) is 38.0. The molecule has 1 amide bonds. The summed E-state index contributed by atoms with van der Waals surface area (Å²) in [5.41, 5.74) is 4.05. The first-order valence-electron chi connectivity index (χ1n) is 15.2. The Kier molecular flexibility index (Phi) is 9.25. The number of anilines is 2. The fourth-order valence-electron chi connectivity index (χ4n) is 5.81. The molecule has 0 bridgehead atoms. The van der Waals surface area contributed by atoms with E-state index in [2.05, 4.69) is 65.1 Å². The summed E-state index contributed by atoms with van der Waals surface area (Å²) in [5.74, 6) is 2.91. The number of amides is 1. The highest BCUT2D eigenvalue weighted by atomic mass is 16.2. The lowest BCUT2D eigenvalue weighted by Crippen LogP contribution is -2.48. The van der Waals surface area contributed by atoms with Crippen molar-refractivity contribution in [3.8, 4) is 11.5 Å². The third-order valence-electron chi connectivity index (χ3n) is 8.09. The normalized spacial score (nSPS) is 17.8. The van der Waals surface area contributed by atoms with E-state index in [1.807, 2.05) is 37.3 Å². The van der Waals surface area contributed by atoms with Gasteiger partial charge in [-0.1, -0.05) is 30.3 Å². The number of carbonyl (C=O) groups excluding carboxylic acids is 1. The molecule has 2 fully saturated rings. The Morgan fingerprint density at radius 1 is 0.907 bits per heavy atom. The van der Waals surface area contributed by atoms with Crippen LogP contribution in [0.25, 0.3) is 11.5 Å². The second-order valence-corrected chi connectivity index (χ2v) is 11.5. The minimum Gasteiger partial charge on any atom is -0.353 e. The van der Waals surface area contributed by atoms with Gasteiger partial charge >= 0.3 is 0 Å². The molecular formula is C33H39N9O. The van der Waals surface area contributed by atoms with E-state index >= 15 is 0 Å². The van der Waals surface area contributed by atoms with E-state index in [1.54, 1.807) is 12.4 Å². The molecule has 1 atom stereocenters. The highest BCUT2D eigenvalue weighted by Crippen LogP contribution is 2.21. The summed E-state index contributed by atoms with van der Waals surface area (Å²) in [5, 5.41) is 9.94. The summed E-state index contributed by atoms with van der Waals surface area (Å²) >= 11 is 0. The van der Waals surface area contributed by atoms with Crippen LogP contribution in [0.15, 0.2) is 67.0 Å². The SMILES string of the molecule is Cc1cccc(-c2nccc(Nc3ccnc(Cc4ccc(CN5CCCC(C(=O)NC6CCNCC6)C5)cc4)n3)n2)n1. The van der Waals surface area contributed by atoms with Gasteiger partial charge in [-0.2, -0.15) is 0 Å². The summed E-state index contributed by atoms with van der Waals surface area (Å²) in [6.45, 7) is 6.63. The van der Waals surface area contributed by atoms with Gasteiger partial charge in [-0.05, 0) is 87.6 Å². The van der Waals surface area contributed by atoms with Crippen molar-refractivity contribution in [1.29, 1.82) is 0 Å². The lowest BCUT2D eigenvalue weighted by molar-refractivity contribution is -0.127. The highest BCUT2D eigenvalue weighted by molar-refractivity contribution is 5.79. The first kappa shape index (κ1) is 28.8. The van der Waals surface area contributed by atoms with Crippen LogP contribution in [0.4, 0.5) is 11.6 Å². The number of rotatable bonds is 9. The van der Waals surface area contributed by atoms with Crippen LogP contribution < -0.4 is 16.0 Å². The van der Waals surface area contributed by atoms with Gasteiger partial charge in [0.05, 0.1) is 5.92 Å². The van der Waals surface area contributed by atoms with E-state index in [0.717, 1.165) is 81.2 Å². The number of nitrogens with one attached hydrogen (secondary N) is 3. The molecule has 3 N–H and O–H groups in total. The Morgan fingerprint density at radius 3 is 2.49 bits per heavy atom. The minimum absolute atomic E-state index is 0.0779. The van der Waals surface area contributed by atoms with Gasteiger partial charge in [0.15, 0.2) is 5.82 Å². The molecule has 43 heavy (non-hydrogen) atoms. The molecular weight excluding hydrogens is 538 g/mol. The smallest absolute Gasteiger partial charge is 0.224 e. The van der Waals surface area contributed by atoms with Crippen molar-refractivity contribution in [3.63, 3.8) is 0 Å². The number of carbonyl (C=O) groups is 1. The van der Waals surface area contributed by atoms with Gasteiger partial charge in [0, 0.05) is 43.6 Å². The molecule has 6 rings (SSSR count). The average Bonchev–Trinajstić information content (AvgIpc) is 3.03. The van der Waals surface area contributed by atoms with E-state index in [1.165, 1.54) is 5.56 Å². The maximum Gasteiger partial charge on any atom is 0.224 e. The van der Waals surface area contributed by atoms with E-state index < -0.39 is 0 Å². The van der Waals surface area contributed by atoms with Gasteiger partial charge in [0.1, 0.15) is 23.2 Å². The molecule has 4 aromatic rings. The predicted octanol–water partition coefficient (Wildman–Crippen LogP) is 4.05. The van der Waals surface area contributed by atoms with Crippen LogP contribution in [0.2, 0.25) is 0 Å². The van der Waals surface area contributed by atoms with E-state index in [-0.39, 0.29) is 11.8 Å². The average molecular weight is 578 g/mol. The molecule has 0 radical (unpaired) electrons. The number of piperidine rings is 2. The molecule has 10 heteroatoms. The molecule has 1 unspecified atom stereocenters. The van der Waals surface area contributed by atoms with Gasteiger partial charge in [0.2, 0.25) is 5.91 Å². The Balaban J connectivity index is 1.03. The van der Waals surface area contributed by atoms with E-state index in [9.17, 15) is 4.79 Å². The first-order valence-corrected chi connectivity index (χ1v) is 15.2. The number of nitrogens with zero attached hydrogens (tertiary/aromatic N) is 6. The molecule has 2 aliphatic heterocycles. The number of pyridine rings is 1. The van der Waals surface area contributed by atoms with Crippen molar-refractivity contribution in [1.82, 2.24) is 40.5 Å². The Bertz CT molecular complexity index is 1520. The third kappa shape index (κ3) is 7.97. The van der Waals surface area contributed by atoms with Crippen LogP contribution in [0.5, 0.6) is 0 Å². The number of hydrogen-bond donors (Lipinski definition) is 3. The fraction of sp³-hybridized carbons (Fsp3) is 0.394. The highest BCUT2D eigenvalue weighted by Gasteiger charge is 2.27. The third-order valence-corrected chi connectivity index (χ3v) is 8.09. The largest absolute Gasteiger partial charge is 0.353 e. The Labute approximate surface area is 252 Å². The van der Waals surface area contributed by atoms with E-state index in [0.29, 0.717) is 29.9 Å². The Morgan fingerprint density at radius 2 is 1.67 bits per heavy atom. The summed E-state index contributed by atoms with van der Waals surface area (Å²) in [6.07, 6.45) is 8.18. The molecule has 1 aromatic carbocycles. The standard InChI is InChI=1S/C33H39N9O/c1-23-4-2-6-28(37-23)32-36-18-14-30(41-32)39-29-13-17-35-31(40-29)20-24-7-9-25(10-8-24)21-42-19-3-5-26(22-42)33(43)38-27-11-15-34-16-12-27/h2,4,6-10,13-14,17-18,26-27,34H,3,5,11-12,15-16,19-22H2,1H3,(H,38,43)(H,35,36,39,40,41). The maximum absolute atomic E-state index is 12.9. The topological polar surface area (TPSA) is 121 Å². The summed E-state index contributed by atoms with van der Waals surface area (Å²) in [7, 11) is 0. The van der Waals surface area contributed by atoms with Gasteiger partial charge in [-0.3, -0.25) is 9.69 Å². The summed E-state index contributed by atoms with van der Waals surface area (Å²) < 4.78 is 0. The molecule has 2 aliphatic rings. The van der Waals surface area contributed by atoms with Crippen molar-refractivity contribution < 1.29 is 4.79 Å². The molecule has 0 saturated carbocycles. The van der Waals surface area contributed by atoms with Crippen LogP contribution >= 0.6 is 0 Å². The molecule has 0 aliphatic carbocycles. The molecule has 5 heterocycles. The van der Waals surface area contributed by atoms with Gasteiger partial charge in [0.25, 0.3) is 0 Å². The van der Waals surface area contributed by atoms with Crippen molar-refractivity contribution in [2.75, 3.05) is 31.5 Å². The van der Waals surface area contributed by atoms with Crippen molar-refractivity contribution in [3.05, 3.63) is 89.6 Å². The van der Waals surface area contributed by atoms with Crippen LogP contribution in [0, 0.1) is 12.8 Å². The predicted molar refractivity (Wildman–Crippen MR) is 167 cm³/mol.